The molecule has 1 aliphatic heterocycles. The standard InChI is InChI=1S/C19H23NO2/c1-13-8-4-5-9-16(13)18-10-6-7-11-20(18)19(21)17-12-14(2)22-15(17)3/h4-5,8-9,12,18H,6-7,10-11H2,1-3H3. The molecule has 3 rings (SSSR count). The number of carbonyl (C=O) groups excluding carboxylic acids is 1. The number of likely N-dealkylation sites (tertiary alicyclic amines) is 1. The van der Waals surface area contributed by atoms with Crippen LogP contribution in [0.3, 0.4) is 0 Å². The van der Waals surface area contributed by atoms with Crippen LogP contribution >= 0.6 is 0 Å². The van der Waals surface area contributed by atoms with E-state index in [-0.39, 0.29) is 11.9 Å². The number of hydrogen-bond acceptors (Lipinski definition) is 2. The fourth-order valence-electron chi connectivity index (χ4n) is 3.46. The van der Waals surface area contributed by atoms with E-state index in [4.69, 9.17) is 4.42 Å². The van der Waals surface area contributed by atoms with Crippen LogP contribution in [0.25, 0.3) is 0 Å². The van der Waals surface area contributed by atoms with Gasteiger partial charge in [-0.15, -0.1) is 0 Å². The van der Waals surface area contributed by atoms with Crippen LogP contribution < -0.4 is 0 Å². The van der Waals surface area contributed by atoms with Crippen LogP contribution in [0.1, 0.15) is 58.3 Å². The molecule has 3 nitrogen and oxygen atoms in total. The molecule has 0 N–H and O–H groups in total. The minimum Gasteiger partial charge on any atom is -0.466 e. The summed E-state index contributed by atoms with van der Waals surface area (Å²) in [5.41, 5.74) is 3.23. The summed E-state index contributed by atoms with van der Waals surface area (Å²) in [7, 11) is 0. The van der Waals surface area contributed by atoms with Gasteiger partial charge in [0.05, 0.1) is 11.6 Å². The molecule has 1 fully saturated rings. The fourth-order valence-corrected chi connectivity index (χ4v) is 3.46. The quantitative estimate of drug-likeness (QED) is 0.813. The molecule has 1 aliphatic rings. The van der Waals surface area contributed by atoms with Gasteiger partial charge in [-0.3, -0.25) is 4.79 Å². The third-order valence-corrected chi connectivity index (χ3v) is 4.58. The molecule has 1 amide bonds. The zero-order chi connectivity index (χ0) is 15.7. The molecule has 1 aromatic carbocycles. The van der Waals surface area contributed by atoms with Gasteiger partial charge in [0.15, 0.2) is 0 Å². The average molecular weight is 297 g/mol. The molecular weight excluding hydrogens is 274 g/mol. The monoisotopic (exact) mass is 297 g/mol. The van der Waals surface area contributed by atoms with Crippen molar-refractivity contribution in [1.82, 2.24) is 4.90 Å². The number of benzene rings is 1. The second-order valence-corrected chi connectivity index (χ2v) is 6.19. The molecule has 0 saturated carbocycles. The highest BCUT2D eigenvalue weighted by Crippen LogP contribution is 2.34. The summed E-state index contributed by atoms with van der Waals surface area (Å²) in [5.74, 6) is 1.62. The summed E-state index contributed by atoms with van der Waals surface area (Å²) >= 11 is 0. The Hall–Kier alpha value is -2.03. The fraction of sp³-hybridized carbons (Fsp3) is 0.421. The highest BCUT2D eigenvalue weighted by Gasteiger charge is 2.31. The van der Waals surface area contributed by atoms with E-state index in [1.807, 2.05) is 24.8 Å². The number of piperidine rings is 1. The van der Waals surface area contributed by atoms with Crippen LogP contribution in [-0.2, 0) is 0 Å². The molecule has 0 bridgehead atoms. The van der Waals surface area contributed by atoms with Crippen molar-refractivity contribution in [2.24, 2.45) is 0 Å². The molecule has 2 aromatic rings. The Kier molecular flexibility index (Phi) is 4.06. The Morgan fingerprint density at radius 2 is 1.95 bits per heavy atom. The Bertz CT molecular complexity index is 686. The van der Waals surface area contributed by atoms with Crippen molar-refractivity contribution in [1.29, 1.82) is 0 Å². The molecular formula is C19H23NO2. The number of hydrogen-bond donors (Lipinski definition) is 0. The lowest BCUT2D eigenvalue weighted by molar-refractivity contribution is 0.0609. The highest BCUT2D eigenvalue weighted by molar-refractivity contribution is 5.95. The SMILES string of the molecule is Cc1cc(C(=O)N2CCCCC2c2ccccc2C)c(C)o1. The first-order valence-electron chi connectivity index (χ1n) is 8.01. The van der Waals surface area contributed by atoms with E-state index in [0.29, 0.717) is 5.56 Å². The molecule has 1 unspecified atom stereocenters. The maximum Gasteiger partial charge on any atom is 0.257 e. The Morgan fingerprint density at radius 1 is 1.18 bits per heavy atom. The number of aryl methyl sites for hydroxylation is 3. The first-order chi connectivity index (χ1) is 10.6. The molecule has 1 aromatic heterocycles. The van der Waals surface area contributed by atoms with E-state index in [9.17, 15) is 4.79 Å². The minimum atomic E-state index is 0.0994. The summed E-state index contributed by atoms with van der Waals surface area (Å²) in [6.07, 6.45) is 3.28. The van der Waals surface area contributed by atoms with Gasteiger partial charge in [-0.25, -0.2) is 0 Å². The zero-order valence-electron chi connectivity index (χ0n) is 13.6. The van der Waals surface area contributed by atoms with E-state index >= 15 is 0 Å². The molecule has 1 atom stereocenters. The lowest BCUT2D eigenvalue weighted by Gasteiger charge is -2.36. The predicted octanol–water partition coefficient (Wildman–Crippen LogP) is 4.57. The smallest absolute Gasteiger partial charge is 0.257 e. The summed E-state index contributed by atoms with van der Waals surface area (Å²) in [6.45, 7) is 6.70. The van der Waals surface area contributed by atoms with Gasteiger partial charge in [0.2, 0.25) is 0 Å². The molecule has 22 heavy (non-hydrogen) atoms. The lowest BCUT2D eigenvalue weighted by atomic mass is 9.91. The van der Waals surface area contributed by atoms with Crippen LogP contribution in [0.15, 0.2) is 34.7 Å². The van der Waals surface area contributed by atoms with E-state index in [1.165, 1.54) is 17.5 Å². The summed E-state index contributed by atoms with van der Waals surface area (Å²) in [5, 5.41) is 0. The predicted molar refractivity (Wildman–Crippen MR) is 87.0 cm³/mol. The Morgan fingerprint density at radius 3 is 2.64 bits per heavy atom. The Balaban J connectivity index is 1.95. The van der Waals surface area contributed by atoms with Crippen molar-refractivity contribution in [3.05, 3.63) is 58.5 Å². The van der Waals surface area contributed by atoms with E-state index < -0.39 is 0 Å². The molecule has 3 heteroatoms. The van der Waals surface area contributed by atoms with Crippen molar-refractivity contribution >= 4 is 5.91 Å². The second kappa shape index (κ2) is 5.99. The van der Waals surface area contributed by atoms with Gasteiger partial charge >= 0.3 is 0 Å². The van der Waals surface area contributed by atoms with Gasteiger partial charge < -0.3 is 9.32 Å². The summed E-state index contributed by atoms with van der Waals surface area (Å²) in [4.78, 5) is 15.0. The molecule has 0 spiro atoms. The first kappa shape index (κ1) is 14.9. The van der Waals surface area contributed by atoms with Crippen LogP contribution in [0.4, 0.5) is 0 Å². The van der Waals surface area contributed by atoms with Crippen molar-refractivity contribution in [2.45, 2.75) is 46.1 Å². The second-order valence-electron chi connectivity index (χ2n) is 6.19. The molecule has 1 saturated heterocycles. The maximum atomic E-state index is 13.0. The van der Waals surface area contributed by atoms with Crippen molar-refractivity contribution in [3.63, 3.8) is 0 Å². The average Bonchev–Trinajstić information content (AvgIpc) is 2.86. The number of amides is 1. The third kappa shape index (κ3) is 2.68. The number of furan rings is 1. The normalized spacial score (nSPS) is 18.5. The third-order valence-electron chi connectivity index (χ3n) is 4.58. The van der Waals surface area contributed by atoms with Gasteiger partial charge in [0.25, 0.3) is 5.91 Å². The van der Waals surface area contributed by atoms with Crippen LogP contribution in [0.5, 0.6) is 0 Å². The first-order valence-corrected chi connectivity index (χ1v) is 8.01. The largest absolute Gasteiger partial charge is 0.466 e. The van der Waals surface area contributed by atoms with Crippen molar-refractivity contribution in [2.75, 3.05) is 6.54 Å². The topological polar surface area (TPSA) is 33.5 Å². The zero-order valence-corrected chi connectivity index (χ0v) is 13.6. The highest BCUT2D eigenvalue weighted by atomic mass is 16.3. The van der Waals surface area contributed by atoms with Gasteiger partial charge in [-0.1, -0.05) is 24.3 Å². The van der Waals surface area contributed by atoms with Crippen molar-refractivity contribution in [3.8, 4) is 0 Å². The van der Waals surface area contributed by atoms with Gasteiger partial charge in [0, 0.05) is 6.54 Å². The van der Waals surface area contributed by atoms with Gasteiger partial charge in [-0.05, 0) is 57.2 Å². The van der Waals surface area contributed by atoms with Gasteiger partial charge in [-0.2, -0.15) is 0 Å². The van der Waals surface area contributed by atoms with E-state index in [0.717, 1.165) is 30.9 Å². The Labute approximate surface area is 131 Å². The number of nitrogens with zero attached hydrogens (tertiary/aromatic N) is 1. The van der Waals surface area contributed by atoms with Crippen LogP contribution in [0, 0.1) is 20.8 Å². The number of carbonyl (C=O) groups is 1. The summed E-state index contributed by atoms with van der Waals surface area (Å²) < 4.78 is 5.54. The minimum absolute atomic E-state index is 0.0994. The maximum absolute atomic E-state index is 13.0. The lowest BCUT2D eigenvalue weighted by Crippen LogP contribution is -2.38. The molecule has 0 radical (unpaired) electrons. The molecule has 116 valence electrons. The molecule has 2 heterocycles. The molecule has 0 aliphatic carbocycles. The van der Waals surface area contributed by atoms with E-state index in [2.05, 4.69) is 31.2 Å². The summed E-state index contributed by atoms with van der Waals surface area (Å²) in [6, 6.07) is 10.4. The number of rotatable bonds is 2. The van der Waals surface area contributed by atoms with Crippen molar-refractivity contribution < 1.29 is 9.21 Å². The van der Waals surface area contributed by atoms with Crippen LogP contribution in [0.2, 0.25) is 0 Å². The van der Waals surface area contributed by atoms with E-state index in [1.54, 1.807) is 0 Å². The van der Waals surface area contributed by atoms with Crippen LogP contribution in [-0.4, -0.2) is 17.4 Å². The van der Waals surface area contributed by atoms with Gasteiger partial charge in [0.1, 0.15) is 11.5 Å².